The number of benzene rings is 6. The number of H-pyrrole nitrogens is 1. The van der Waals surface area contributed by atoms with Gasteiger partial charge in [-0.3, -0.25) is 5.41 Å². The Balaban J connectivity index is 1.27. The average molecular weight is 553 g/mol. The molecule has 0 radical (unpaired) electrons. The maximum absolute atomic E-state index is 8.89. The van der Waals surface area contributed by atoms with Crippen molar-refractivity contribution < 1.29 is 0 Å². The topological polar surface area (TPSA) is 64.9 Å². The van der Waals surface area contributed by atoms with Crippen LogP contribution in [0.25, 0.3) is 55.7 Å². The second-order valence-electron chi connectivity index (χ2n) is 10.4. The summed E-state index contributed by atoms with van der Waals surface area (Å²) in [5.41, 5.74) is 11.5. The Morgan fingerprint density at radius 1 is 0.488 bits per heavy atom. The van der Waals surface area contributed by atoms with E-state index in [4.69, 9.17) is 15.4 Å². The van der Waals surface area contributed by atoms with Gasteiger partial charge in [-0.05, 0) is 63.7 Å². The molecule has 204 valence electrons. The van der Waals surface area contributed by atoms with Gasteiger partial charge in [0, 0.05) is 11.1 Å². The normalized spacial score (nSPS) is 11.5. The van der Waals surface area contributed by atoms with E-state index in [2.05, 4.69) is 83.8 Å². The molecule has 7 rings (SSSR count). The largest absolute Gasteiger partial charge is 0.337 e. The van der Waals surface area contributed by atoms with Crippen LogP contribution >= 0.6 is 0 Å². The molecule has 0 bridgehead atoms. The lowest BCUT2D eigenvalue weighted by Crippen LogP contribution is -2.16. The van der Waals surface area contributed by atoms with E-state index in [1.807, 2.05) is 78.9 Å². The van der Waals surface area contributed by atoms with Gasteiger partial charge >= 0.3 is 0 Å². The number of rotatable bonds is 5. The fourth-order valence-corrected chi connectivity index (χ4v) is 5.30. The lowest BCUT2D eigenvalue weighted by atomic mass is 9.93. The first kappa shape index (κ1) is 26.1. The average Bonchev–Trinajstić information content (AvgIpc) is 3.09. The molecule has 1 heterocycles. The smallest absolute Gasteiger partial charge is 0.159 e. The van der Waals surface area contributed by atoms with Crippen molar-refractivity contribution in [2.45, 2.75) is 0 Å². The van der Waals surface area contributed by atoms with Crippen LogP contribution in [0.1, 0.15) is 5.56 Å². The number of nitrogens with one attached hydrogen (secondary N) is 2. The Labute approximate surface area is 250 Å². The standard InChI is InChI=1S/C39H28N4/c40-38(43-39-37(30-16-8-3-9-17-30)41-35-18-10-11-19-36(35)42-39)31-22-20-29(21-23-31)34-25-32(27-12-4-1-5-13-27)24-33(26-34)28-14-6-2-7-15-28/h1-26H,(H2,40,42,43). The van der Waals surface area contributed by atoms with E-state index in [9.17, 15) is 0 Å². The van der Waals surface area contributed by atoms with Crippen LogP contribution in [-0.4, -0.2) is 15.8 Å². The highest BCUT2D eigenvalue weighted by atomic mass is 14.9. The molecule has 0 unspecified atom stereocenters. The molecule has 0 aliphatic rings. The Morgan fingerprint density at radius 3 is 1.51 bits per heavy atom. The van der Waals surface area contributed by atoms with Crippen molar-refractivity contribution in [3.8, 4) is 44.6 Å². The number of aromatic amines is 1. The third kappa shape index (κ3) is 5.54. The van der Waals surface area contributed by atoms with Gasteiger partial charge in [-0.25, -0.2) is 9.98 Å². The SMILES string of the molecule is N=C(N=c1[nH]c2ccccc2nc1-c1ccccc1)c1ccc(-c2cc(-c3ccccc3)cc(-c3ccccc3)c2)cc1. The van der Waals surface area contributed by atoms with Crippen LogP contribution in [0.5, 0.6) is 0 Å². The molecule has 0 amide bonds. The van der Waals surface area contributed by atoms with Crippen LogP contribution < -0.4 is 5.49 Å². The van der Waals surface area contributed by atoms with Gasteiger partial charge in [0.2, 0.25) is 0 Å². The highest BCUT2D eigenvalue weighted by molar-refractivity contribution is 5.98. The van der Waals surface area contributed by atoms with E-state index < -0.39 is 0 Å². The van der Waals surface area contributed by atoms with Gasteiger partial charge in [0.25, 0.3) is 0 Å². The molecule has 0 saturated carbocycles. The quantitative estimate of drug-likeness (QED) is 0.162. The molecule has 1 aromatic heterocycles. The fraction of sp³-hybridized carbons (Fsp3) is 0. The van der Waals surface area contributed by atoms with Crippen molar-refractivity contribution >= 4 is 16.9 Å². The zero-order valence-electron chi connectivity index (χ0n) is 23.4. The molecule has 6 aromatic carbocycles. The van der Waals surface area contributed by atoms with Gasteiger partial charge in [-0.15, -0.1) is 0 Å². The summed E-state index contributed by atoms with van der Waals surface area (Å²) in [6.45, 7) is 0. The zero-order chi connectivity index (χ0) is 29.0. The van der Waals surface area contributed by atoms with Crippen molar-refractivity contribution in [3.63, 3.8) is 0 Å². The molecule has 43 heavy (non-hydrogen) atoms. The third-order valence-corrected chi connectivity index (χ3v) is 7.52. The Bertz CT molecular complexity index is 2060. The Kier molecular flexibility index (Phi) is 7.00. The first-order valence-corrected chi connectivity index (χ1v) is 14.3. The van der Waals surface area contributed by atoms with Crippen molar-refractivity contribution in [3.05, 3.63) is 169 Å². The number of hydrogen-bond acceptors (Lipinski definition) is 2. The minimum Gasteiger partial charge on any atom is -0.337 e. The Morgan fingerprint density at radius 2 is 0.953 bits per heavy atom. The first-order valence-electron chi connectivity index (χ1n) is 14.3. The van der Waals surface area contributed by atoms with Crippen molar-refractivity contribution in [2.24, 2.45) is 4.99 Å². The van der Waals surface area contributed by atoms with E-state index in [-0.39, 0.29) is 5.84 Å². The van der Waals surface area contributed by atoms with Gasteiger partial charge in [0.1, 0.15) is 5.69 Å². The molecule has 0 atom stereocenters. The molecular weight excluding hydrogens is 524 g/mol. The highest BCUT2D eigenvalue weighted by Crippen LogP contribution is 2.33. The highest BCUT2D eigenvalue weighted by Gasteiger charge is 2.10. The van der Waals surface area contributed by atoms with Gasteiger partial charge in [0.15, 0.2) is 11.3 Å². The first-order chi connectivity index (χ1) is 21.2. The third-order valence-electron chi connectivity index (χ3n) is 7.52. The van der Waals surface area contributed by atoms with E-state index in [1.165, 1.54) is 11.1 Å². The summed E-state index contributed by atoms with van der Waals surface area (Å²) in [6, 6.07) is 53.5. The molecule has 7 aromatic rings. The minimum atomic E-state index is 0.167. The summed E-state index contributed by atoms with van der Waals surface area (Å²) in [5.74, 6) is 0.167. The van der Waals surface area contributed by atoms with E-state index in [1.54, 1.807) is 0 Å². The van der Waals surface area contributed by atoms with Gasteiger partial charge in [-0.1, -0.05) is 127 Å². The molecule has 0 fully saturated rings. The summed E-state index contributed by atoms with van der Waals surface area (Å²) in [7, 11) is 0. The predicted molar refractivity (Wildman–Crippen MR) is 177 cm³/mol. The molecule has 2 N–H and O–H groups in total. The lowest BCUT2D eigenvalue weighted by molar-refractivity contribution is 1.15. The van der Waals surface area contributed by atoms with E-state index >= 15 is 0 Å². The molecule has 0 aliphatic heterocycles. The summed E-state index contributed by atoms with van der Waals surface area (Å²) in [6.07, 6.45) is 0. The maximum atomic E-state index is 8.89. The molecule has 4 heteroatoms. The van der Waals surface area contributed by atoms with Crippen molar-refractivity contribution in [1.82, 2.24) is 9.97 Å². The summed E-state index contributed by atoms with van der Waals surface area (Å²) >= 11 is 0. The number of para-hydroxylation sites is 2. The molecular formula is C39H28N4. The van der Waals surface area contributed by atoms with Gasteiger partial charge in [-0.2, -0.15) is 0 Å². The van der Waals surface area contributed by atoms with Crippen molar-refractivity contribution in [2.75, 3.05) is 0 Å². The van der Waals surface area contributed by atoms with Gasteiger partial charge < -0.3 is 4.98 Å². The van der Waals surface area contributed by atoms with E-state index in [0.29, 0.717) is 11.2 Å². The summed E-state index contributed by atoms with van der Waals surface area (Å²) in [5, 5.41) is 8.89. The number of nitrogens with zero attached hydrogens (tertiary/aromatic N) is 2. The van der Waals surface area contributed by atoms with E-state index in [0.717, 1.165) is 44.4 Å². The monoisotopic (exact) mass is 552 g/mol. The number of hydrogen-bond donors (Lipinski definition) is 2. The van der Waals surface area contributed by atoms with Crippen LogP contribution in [0.2, 0.25) is 0 Å². The second kappa shape index (κ2) is 11.6. The zero-order valence-corrected chi connectivity index (χ0v) is 23.4. The lowest BCUT2D eigenvalue weighted by Gasteiger charge is -2.12. The number of aromatic nitrogens is 2. The Hall–Kier alpha value is -5.87. The van der Waals surface area contributed by atoms with Crippen LogP contribution in [0, 0.1) is 5.41 Å². The maximum Gasteiger partial charge on any atom is 0.159 e. The van der Waals surface area contributed by atoms with Crippen LogP contribution in [0.15, 0.2) is 163 Å². The summed E-state index contributed by atoms with van der Waals surface area (Å²) < 4.78 is 0. The second-order valence-corrected chi connectivity index (χ2v) is 10.4. The number of fused-ring (bicyclic) bond motifs is 1. The van der Waals surface area contributed by atoms with Crippen molar-refractivity contribution in [1.29, 1.82) is 5.41 Å². The molecule has 0 saturated heterocycles. The minimum absolute atomic E-state index is 0.167. The number of amidine groups is 1. The van der Waals surface area contributed by atoms with Crippen LogP contribution in [0.4, 0.5) is 0 Å². The van der Waals surface area contributed by atoms with Crippen LogP contribution in [0.3, 0.4) is 0 Å². The fourth-order valence-electron chi connectivity index (χ4n) is 5.30. The molecule has 4 nitrogen and oxygen atoms in total. The predicted octanol–water partition coefficient (Wildman–Crippen LogP) is 9.16. The van der Waals surface area contributed by atoms with Gasteiger partial charge in [0.05, 0.1) is 11.0 Å². The molecule has 0 aliphatic carbocycles. The summed E-state index contributed by atoms with van der Waals surface area (Å²) in [4.78, 5) is 13.0. The molecule has 0 spiro atoms. The van der Waals surface area contributed by atoms with Crippen LogP contribution in [-0.2, 0) is 0 Å².